The van der Waals surface area contributed by atoms with E-state index in [-0.39, 0.29) is 23.6 Å². The molecule has 34 heavy (non-hydrogen) atoms. The third-order valence-electron chi connectivity index (χ3n) is 5.86. The molecule has 4 aromatic rings. The number of thiophene rings is 1. The lowest BCUT2D eigenvalue weighted by molar-refractivity contribution is -0.121. The summed E-state index contributed by atoms with van der Waals surface area (Å²) in [4.78, 5) is 37.4. The molecule has 1 aliphatic heterocycles. The number of amides is 2. The second-order valence-electron chi connectivity index (χ2n) is 8.26. The van der Waals surface area contributed by atoms with Crippen LogP contribution in [0.3, 0.4) is 0 Å². The van der Waals surface area contributed by atoms with Crippen LogP contribution in [-0.2, 0) is 4.79 Å². The molecule has 0 spiro atoms. The van der Waals surface area contributed by atoms with Gasteiger partial charge in [0.25, 0.3) is 5.91 Å². The molecular formula is C25H24N6O2S. The molecule has 172 valence electrons. The van der Waals surface area contributed by atoms with Gasteiger partial charge in [-0.1, -0.05) is 30.3 Å². The van der Waals surface area contributed by atoms with Crippen LogP contribution in [0.15, 0.2) is 66.2 Å². The van der Waals surface area contributed by atoms with E-state index in [9.17, 15) is 9.59 Å². The van der Waals surface area contributed by atoms with Crippen LogP contribution in [0.4, 0.5) is 5.82 Å². The van der Waals surface area contributed by atoms with Crippen LogP contribution in [0.25, 0.3) is 16.4 Å². The number of nitrogens with zero attached hydrogens (tertiary/aromatic N) is 5. The predicted octanol–water partition coefficient (Wildman–Crippen LogP) is 4.19. The third kappa shape index (κ3) is 4.60. The first-order chi connectivity index (χ1) is 16.6. The standard InChI is InChI=1S/C25H24N6O2S/c1-17-9-10-21(26-16-17)27-24(32)18-11-13-30(14-12-18)25(33)22-28-23(20-8-5-15-34-20)31(29-22)19-6-3-2-4-7-19/h2-10,15-16,18H,11-14H2,1H3,(H,26,27,32). The maximum atomic E-state index is 13.2. The van der Waals surface area contributed by atoms with Crippen molar-refractivity contribution in [3.8, 4) is 16.4 Å². The van der Waals surface area contributed by atoms with E-state index in [2.05, 4.69) is 20.4 Å². The van der Waals surface area contributed by atoms with Crippen LogP contribution in [0.2, 0.25) is 0 Å². The highest BCUT2D eigenvalue weighted by molar-refractivity contribution is 7.13. The number of hydrogen-bond donors (Lipinski definition) is 1. The highest BCUT2D eigenvalue weighted by Crippen LogP contribution is 2.26. The van der Waals surface area contributed by atoms with Crippen molar-refractivity contribution < 1.29 is 9.59 Å². The van der Waals surface area contributed by atoms with Gasteiger partial charge in [-0.25, -0.2) is 14.6 Å². The summed E-state index contributed by atoms with van der Waals surface area (Å²) in [5, 5.41) is 9.42. The van der Waals surface area contributed by atoms with Gasteiger partial charge in [0, 0.05) is 25.2 Å². The Morgan fingerprint density at radius 3 is 2.50 bits per heavy atom. The summed E-state index contributed by atoms with van der Waals surface area (Å²) >= 11 is 1.55. The maximum Gasteiger partial charge on any atom is 0.293 e. The lowest BCUT2D eigenvalue weighted by Crippen LogP contribution is -2.42. The number of carbonyl (C=O) groups excluding carboxylic acids is 2. The van der Waals surface area contributed by atoms with E-state index in [1.165, 1.54) is 0 Å². The summed E-state index contributed by atoms with van der Waals surface area (Å²) in [5.74, 6) is 0.916. The zero-order valence-corrected chi connectivity index (χ0v) is 19.5. The summed E-state index contributed by atoms with van der Waals surface area (Å²) < 4.78 is 1.72. The highest BCUT2D eigenvalue weighted by atomic mass is 32.1. The molecule has 0 bridgehead atoms. The molecule has 1 saturated heterocycles. The zero-order chi connectivity index (χ0) is 23.5. The zero-order valence-electron chi connectivity index (χ0n) is 18.7. The van der Waals surface area contributed by atoms with Crippen LogP contribution in [0, 0.1) is 12.8 Å². The Morgan fingerprint density at radius 2 is 1.82 bits per heavy atom. The number of piperidine rings is 1. The van der Waals surface area contributed by atoms with Crippen molar-refractivity contribution in [3.05, 3.63) is 77.6 Å². The number of hydrogen-bond acceptors (Lipinski definition) is 6. The number of carbonyl (C=O) groups is 2. The molecule has 0 aliphatic carbocycles. The number of aryl methyl sites for hydroxylation is 1. The molecule has 1 N–H and O–H groups in total. The fraction of sp³-hybridized carbons (Fsp3) is 0.240. The number of anilines is 1. The van der Waals surface area contributed by atoms with Crippen LogP contribution in [0.1, 0.15) is 29.0 Å². The second-order valence-corrected chi connectivity index (χ2v) is 9.21. The molecule has 3 aromatic heterocycles. The minimum atomic E-state index is -0.216. The molecule has 1 aromatic carbocycles. The van der Waals surface area contributed by atoms with Crippen molar-refractivity contribution in [2.45, 2.75) is 19.8 Å². The van der Waals surface area contributed by atoms with E-state index in [1.807, 2.05) is 60.8 Å². The Kier molecular flexibility index (Phi) is 6.18. The number of pyridine rings is 1. The molecule has 4 heterocycles. The van der Waals surface area contributed by atoms with Crippen LogP contribution >= 0.6 is 11.3 Å². The Labute approximate surface area is 201 Å². The Hall–Kier alpha value is -3.85. The Bertz CT molecular complexity index is 1280. The molecule has 1 fully saturated rings. The second kappa shape index (κ2) is 9.56. The average molecular weight is 473 g/mol. The summed E-state index contributed by atoms with van der Waals surface area (Å²) in [5.41, 5.74) is 1.88. The van der Waals surface area contributed by atoms with Gasteiger partial charge in [-0.15, -0.1) is 16.4 Å². The van der Waals surface area contributed by atoms with Gasteiger partial charge in [0.2, 0.25) is 11.7 Å². The number of benzene rings is 1. The monoisotopic (exact) mass is 472 g/mol. The molecule has 0 radical (unpaired) electrons. The number of likely N-dealkylation sites (tertiary alicyclic amines) is 1. The highest BCUT2D eigenvalue weighted by Gasteiger charge is 2.30. The quantitative estimate of drug-likeness (QED) is 0.470. The van der Waals surface area contributed by atoms with Gasteiger partial charge in [0.15, 0.2) is 5.82 Å². The molecule has 0 saturated carbocycles. The maximum absolute atomic E-state index is 13.2. The Balaban J connectivity index is 1.28. The minimum absolute atomic E-state index is 0.0603. The largest absolute Gasteiger partial charge is 0.336 e. The predicted molar refractivity (Wildman–Crippen MR) is 131 cm³/mol. The van der Waals surface area contributed by atoms with Crippen molar-refractivity contribution in [1.82, 2.24) is 24.6 Å². The number of para-hydroxylation sites is 1. The fourth-order valence-electron chi connectivity index (χ4n) is 3.97. The molecule has 0 atom stereocenters. The van der Waals surface area contributed by atoms with E-state index in [0.717, 1.165) is 16.1 Å². The van der Waals surface area contributed by atoms with E-state index in [1.54, 1.807) is 33.2 Å². The molecule has 8 nitrogen and oxygen atoms in total. The Morgan fingerprint density at radius 1 is 1.03 bits per heavy atom. The first kappa shape index (κ1) is 22.0. The van der Waals surface area contributed by atoms with Crippen molar-refractivity contribution >= 4 is 29.0 Å². The van der Waals surface area contributed by atoms with Gasteiger partial charge in [-0.05, 0) is 55.0 Å². The summed E-state index contributed by atoms with van der Waals surface area (Å²) in [6, 6.07) is 17.3. The normalized spacial score (nSPS) is 14.2. The van der Waals surface area contributed by atoms with Gasteiger partial charge < -0.3 is 10.2 Å². The van der Waals surface area contributed by atoms with Gasteiger partial charge in [0.1, 0.15) is 5.82 Å². The van der Waals surface area contributed by atoms with Crippen molar-refractivity contribution in [3.63, 3.8) is 0 Å². The summed E-state index contributed by atoms with van der Waals surface area (Å²) in [6.45, 7) is 2.91. The fourth-order valence-corrected chi connectivity index (χ4v) is 4.67. The molecule has 0 unspecified atom stereocenters. The summed E-state index contributed by atoms with van der Waals surface area (Å²) in [6.07, 6.45) is 2.89. The van der Waals surface area contributed by atoms with Crippen LogP contribution in [0.5, 0.6) is 0 Å². The van der Waals surface area contributed by atoms with Crippen molar-refractivity contribution in [1.29, 1.82) is 0 Å². The van der Waals surface area contributed by atoms with E-state index in [0.29, 0.717) is 37.6 Å². The number of rotatable bonds is 5. The smallest absolute Gasteiger partial charge is 0.293 e. The van der Waals surface area contributed by atoms with Crippen LogP contribution < -0.4 is 5.32 Å². The molecule has 1 aliphatic rings. The lowest BCUT2D eigenvalue weighted by atomic mass is 9.96. The molecule has 2 amide bonds. The van der Waals surface area contributed by atoms with Gasteiger partial charge >= 0.3 is 0 Å². The minimum Gasteiger partial charge on any atom is -0.336 e. The third-order valence-corrected chi connectivity index (χ3v) is 6.72. The molecule has 5 rings (SSSR count). The topological polar surface area (TPSA) is 93.0 Å². The average Bonchev–Trinajstić information content (AvgIpc) is 3.56. The molecular weight excluding hydrogens is 448 g/mol. The molecule has 9 heteroatoms. The SMILES string of the molecule is Cc1ccc(NC(=O)C2CCN(C(=O)c3nc(-c4cccs4)n(-c4ccccc4)n3)CC2)nc1. The van der Waals surface area contributed by atoms with E-state index < -0.39 is 0 Å². The lowest BCUT2D eigenvalue weighted by Gasteiger charge is -2.30. The van der Waals surface area contributed by atoms with E-state index in [4.69, 9.17) is 0 Å². The number of nitrogens with one attached hydrogen (secondary N) is 1. The van der Waals surface area contributed by atoms with Gasteiger partial charge in [-0.3, -0.25) is 9.59 Å². The number of aromatic nitrogens is 4. The van der Waals surface area contributed by atoms with Crippen molar-refractivity contribution in [2.24, 2.45) is 5.92 Å². The van der Waals surface area contributed by atoms with Crippen LogP contribution in [-0.4, -0.2) is 49.6 Å². The van der Waals surface area contributed by atoms with E-state index >= 15 is 0 Å². The van der Waals surface area contributed by atoms with Gasteiger partial charge in [0.05, 0.1) is 10.6 Å². The summed E-state index contributed by atoms with van der Waals surface area (Å²) in [7, 11) is 0. The first-order valence-electron chi connectivity index (χ1n) is 11.2. The van der Waals surface area contributed by atoms with Crippen molar-refractivity contribution in [2.75, 3.05) is 18.4 Å². The van der Waals surface area contributed by atoms with Gasteiger partial charge in [-0.2, -0.15) is 0 Å². The first-order valence-corrected chi connectivity index (χ1v) is 12.1.